The molecule has 0 spiro atoms. The first-order valence-corrected chi connectivity index (χ1v) is 9.11. The molecule has 142 valence electrons. The summed E-state index contributed by atoms with van der Waals surface area (Å²) in [5.41, 5.74) is 2.04. The summed E-state index contributed by atoms with van der Waals surface area (Å²) in [6.45, 7) is 3.52. The number of hydrogen-bond acceptors (Lipinski definition) is 4. The molecule has 6 heteroatoms. The summed E-state index contributed by atoms with van der Waals surface area (Å²) in [5, 5.41) is 2.75. The Bertz CT molecular complexity index is 772. The van der Waals surface area contributed by atoms with Gasteiger partial charge < -0.3 is 19.7 Å². The molecule has 1 saturated heterocycles. The summed E-state index contributed by atoms with van der Waals surface area (Å²) in [4.78, 5) is 25.4. The zero-order chi connectivity index (χ0) is 19.1. The fraction of sp³-hybridized carbons (Fsp3) is 0.333. The molecular weight excluding hydrogens is 344 g/mol. The van der Waals surface area contributed by atoms with E-state index in [9.17, 15) is 9.59 Å². The summed E-state index contributed by atoms with van der Waals surface area (Å²) in [6.07, 6.45) is 1.50. The van der Waals surface area contributed by atoms with Crippen molar-refractivity contribution in [3.05, 3.63) is 54.1 Å². The van der Waals surface area contributed by atoms with Crippen molar-refractivity contribution in [2.24, 2.45) is 0 Å². The molecule has 0 aromatic heterocycles. The maximum absolute atomic E-state index is 11.8. The van der Waals surface area contributed by atoms with Gasteiger partial charge >= 0.3 is 0 Å². The molecular formula is C21H24N2O4. The van der Waals surface area contributed by atoms with Crippen LogP contribution in [0.15, 0.2) is 48.5 Å². The van der Waals surface area contributed by atoms with E-state index in [1.807, 2.05) is 43.3 Å². The number of carbonyl (C=O) groups is 2. The number of benzene rings is 2. The Kier molecular flexibility index (Phi) is 6.30. The third-order valence-electron chi connectivity index (χ3n) is 4.31. The first-order chi connectivity index (χ1) is 13.1. The summed E-state index contributed by atoms with van der Waals surface area (Å²) < 4.78 is 11.0. The van der Waals surface area contributed by atoms with E-state index in [2.05, 4.69) is 5.32 Å². The van der Waals surface area contributed by atoms with Crippen molar-refractivity contribution in [1.29, 1.82) is 0 Å². The van der Waals surface area contributed by atoms with Crippen LogP contribution in [-0.4, -0.2) is 38.1 Å². The second-order valence-corrected chi connectivity index (χ2v) is 6.44. The molecule has 0 aliphatic carbocycles. The normalized spacial score (nSPS) is 13.5. The van der Waals surface area contributed by atoms with E-state index in [0.717, 1.165) is 24.4 Å². The smallest absolute Gasteiger partial charge is 0.258 e. The number of aryl methyl sites for hydroxylation is 1. The van der Waals surface area contributed by atoms with Crippen molar-refractivity contribution in [1.82, 2.24) is 5.32 Å². The minimum atomic E-state index is -0.207. The van der Waals surface area contributed by atoms with Crippen molar-refractivity contribution in [3.63, 3.8) is 0 Å². The number of nitrogens with zero attached hydrogens (tertiary/aromatic N) is 1. The number of carbonyl (C=O) groups excluding carboxylic acids is 2. The van der Waals surface area contributed by atoms with Crippen LogP contribution >= 0.6 is 0 Å². The lowest BCUT2D eigenvalue weighted by Gasteiger charge is -2.16. The quantitative estimate of drug-likeness (QED) is 0.728. The van der Waals surface area contributed by atoms with E-state index < -0.39 is 0 Å². The van der Waals surface area contributed by atoms with Crippen molar-refractivity contribution < 1.29 is 19.1 Å². The summed E-state index contributed by atoms with van der Waals surface area (Å²) in [6, 6.07) is 15.0. The molecule has 2 aromatic rings. The van der Waals surface area contributed by atoms with Gasteiger partial charge in [0.25, 0.3) is 5.91 Å². The van der Waals surface area contributed by atoms with Crippen LogP contribution < -0.4 is 19.7 Å². The topological polar surface area (TPSA) is 67.9 Å². The van der Waals surface area contributed by atoms with Crippen molar-refractivity contribution in [3.8, 4) is 11.5 Å². The highest BCUT2D eigenvalue weighted by Gasteiger charge is 2.21. The fourth-order valence-electron chi connectivity index (χ4n) is 2.84. The number of anilines is 1. The Balaban J connectivity index is 1.35. The molecule has 2 amide bonds. The number of rotatable bonds is 8. The van der Waals surface area contributed by atoms with Gasteiger partial charge in [0.2, 0.25) is 5.91 Å². The predicted molar refractivity (Wildman–Crippen MR) is 103 cm³/mol. The van der Waals surface area contributed by atoms with Crippen molar-refractivity contribution in [2.75, 3.05) is 31.2 Å². The van der Waals surface area contributed by atoms with Gasteiger partial charge in [0, 0.05) is 18.7 Å². The van der Waals surface area contributed by atoms with Crippen LogP contribution in [0.1, 0.15) is 18.4 Å². The van der Waals surface area contributed by atoms with E-state index in [-0.39, 0.29) is 18.4 Å². The molecule has 1 aliphatic heterocycles. The van der Waals surface area contributed by atoms with E-state index in [0.29, 0.717) is 25.3 Å². The highest BCUT2D eigenvalue weighted by molar-refractivity contribution is 5.95. The van der Waals surface area contributed by atoms with E-state index in [4.69, 9.17) is 9.47 Å². The monoisotopic (exact) mass is 368 g/mol. The third-order valence-corrected chi connectivity index (χ3v) is 4.31. The Morgan fingerprint density at radius 3 is 2.37 bits per heavy atom. The predicted octanol–water partition coefficient (Wildman–Crippen LogP) is 2.70. The second-order valence-electron chi connectivity index (χ2n) is 6.44. The number of nitrogens with one attached hydrogen (secondary N) is 1. The number of ether oxygens (including phenoxy) is 2. The van der Waals surface area contributed by atoms with Gasteiger partial charge in [-0.2, -0.15) is 0 Å². The summed E-state index contributed by atoms with van der Waals surface area (Å²) in [7, 11) is 0. The first kappa shape index (κ1) is 18.8. The van der Waals surface area contributed by atoms with Crippen LogP contribution in [0.3, 0.4) is 0 Å². The Labute approximate surface area is 159 Å². The van der Waals surface area contributed by atoms with Crippen molar-refractivity contribution in [2.45, 2.75) is 19.8 Å². The molecule has 1 aliphatic rings. The van der Waals surface area contributed by atoms with Gasteiger partial charge in [-0.3, -0.25) is 9.59 Å². The first-order valence-electron chi connectivity index (χ1n) is 9.11. The average Bonchev–Trinajstić information content (AvgIpc) is 3.11. The van der Waals surface area contributed by atoms with Gasteiger partial charge in [0.15, 0.2) is 6.61 Å². The lowest BCUT2D eigenvalue weighted by atomic mass is 10.2. The van der Waals surface area contributed by atoms with Crippen LogP contribution in [0, 0.1) is 6.92 Å². The maximum Gasteiger partial charge on any atom is 0.258 e. The van der Waals surface area contributed by atoms with Gasteiger partial charge in [0.05, 0.1) is 6.54 Å². The molecule has 1 N–H and O–H groups in total. The van der Waals surface area contributed by atoms with Crippen LogP contribution in [0.25, 0.3) is 0 Å². The molecule has 2 aromatic carbocycles. The summed E-state index contributed by atoms with van der Waals surface area (Å²) >= 11 is 0. The second kappa shape index (κ2) is 9.07. The molecule has 27 heavy (non-hydrogen) atoms. The summed E-state index contributed by atoms with van der Waals surface area (Å²) in [5.74, 6) is 1.32. The molecule has 0 unspecified atom stereocenters. The fourth-order valence-corrected chi connectivity index (χ4v) is 2.84. The minimum Gasteiger partial charge on any atom is -0.492 e. The number of amides is 2. The van der Waals surface area contributed by atoms with E-state index in [1.165, 1.54) is 5.56 Å². The van der Waals surface area contributed by atoms with Crippen molar-refractivity contribution >= 4 is 17.5 Å². The van der Waals surface area contributed by atoms with Gasteiger partial charge in [0.1, 0.15) is 18.1 Å². The molecule has 6 nitrogen and oxygen atoms in total. The molecule has 0 saturated carbocycles. The molecule has 0 atom stereocenters. The molecule has 3 rings (SSSR count). The maximum atomic E-state index is 11.8. The average molecular weight is 368 g/mol. The van der Waals surface area contributed by atoms with Crippen LogP contribution in [0.4, 0.5) is 5.69 Å². The Morgan fingerprint density at radius 1 is 1.04 bits per heavy atom. The lowest BCUT2D eigenvalue weighted by molar-refractivity contribution is -0.123. The highest BCUT2D eigenvalue weighted by atomic mass is 16.5. The Morgan fingerprint density at radius 2 is 1.70 bits per heavy atom. The number of hydrogen-bond donors (Lipinski definition) is 1. The molecule has 1 heterocycles. The Hall–Kier alpha value is -3.02. The van der Waals surface area contributed by atoms with Gasteiger partial charge in [-0.1, -0.05) is 17.7 Å². The third kappa shape index (κ3) is 5.48. The van der Waals surface area contributed by atoms with Crippen LogP contribution in [0.5, 0.6) is 11.5 Å². The van der Waals surface area contributed by atoms with Gasteiger partial charge in [-0.05, 0) is 49.7 Å². The minimum absolute atomic E-state index is 0.0630. The van der Waals surface area contributed by atoms with Gasteiger partial charge in [-0.25, -0.2) is 0 Å². The molecule has 0 bridgehead atoms. The molecule has 1 fully saturated rings. The zero-order valence-corrected chi connectivity index (χ0v) is 15.4. The highest BCUT2D eigenvalue weighted by Crippen LogP contribution is 2.23. The van der Waals surface area contributed by atoms with Crippen LogP contribution in [-0.2, 0) is 9.59 Å². The largest absolute Gasteiger partial charge is 0.492 e. The molecule has 0 radical (unpaired) electrons. The van der Waals surface area contributed by atoms with E-state index in [1.54, 1.807) is 17.0 Å². The lowest BCUT2D eigenvalue weighted by Crippen LogP contribution is -2.32. The van der Waals surface area contributed by atoms with Gasteiger partial charge in [-0.15, -0.1) is 0 Å². The zero-order valence-electron chi connectivity index (χ0n) is 15.4. The van der Waals surface area contributed by atoms with E-state index >= 15 is 0 Å². The van der Waals surface area contributed by atoms with Crippen LogP contribution in [0.2, 0.25) is 0 Å². The SMILES string of the molecule is Cc1ccc(OCCNC(=O)COc2ccc(N3CCCC3=O)cc2)cc1. The standard InChI is InChI=1S/C21H24N2O4/c1-16-4-8-18(9-5-16)26-14-12-22-20(24)15-27-19-10-6-17(7-11-19)23-13-2-3-21(23)25/h4-11H,2-3,12-15H2,1H3,(H,22,24).